The number of hydrogen-bond donors (Lipinski definition) is 1. The van der Waals surface area contributed by atoms with Gasteiger partial charge >= 0.3 is 0 Å². The molecule has 0 heterocycles. The van der Waals surface area contributed by atoms with Crippen LogP contribution in [0.5, 0.6) is 0 Å². The lowest BCUT2D eigenvalue weighted by atomic mass is 9.97. The standard InChI is InChI=1S/C21H25NO2S/c1-4-16-10-14(2)11-19(21(16)25-9-8-22)13-20(24)18-7-5-6-17(12-18)15(3)23/h5-7,10-12H,4,8-9,13,22H2,1-3H3. The molecule has 0 amide bonds. The summed E-state index contributed by atoms with van der Waals surface area (Å²) in [6.07, 6.45) is 1.26. The number of thioether (sulfide) groups is 1. The van der Waals surface area contributed by atoms with Gasteiger partial charge in [0.05, 0.1) is 0 Å². The van der Waals surface area contributed by atoms with Crippen molar-refractivity contribution in [3.05, 3.63) is 64.2 Å². The lowest BCUT2D eigenvalue weighted by Crippen LogP contribution is -2.08. The quantitative estimate of drug-likeness (QED) is 0.568. The molecule has 0 unspecified atom stereocenters. The van der Waals surface area contributed by atoms with E-state index in [1.54, 1.807) is 36.0 Å². The van der Waals surface area contributed by atoms with E-state index in [4.69, 9.17) is 5.73 Å². The maximum Gasteiger partial charge on any atom is 0.167 e. The molecule has 0 saturated heterocycles. The predicted octanol–water partition coefficient (Wildman–Crippen LogP) is 4.24. The molecule has 2 aromatic rings. The normalized spacial score (nSPS) is 10.7. The molecule has 0 saturated carbocycles. The van der Waals surface area contributed by atoms with E-state index in [2.05, 4.69) is 26.0 Å². The second-order valence-corrected chi connectivity index (χ2v) is 7.25. The van der Waals surface area contributed by atoms with Gasteiger partial charge in [-0.05, 0) is 37.5 Å². The van der Waals surface area contributed by atoms with Crippen LogP contribution in [0.2, 0.25) is 0 Å². The Kier molecular flexibility index (Phi) is 6.97. The van der Waals surface area contributed by atoms with E-state index < -0.39 is 0 Å². The van der Waals surface area contributed by atoms with E-state index in [0.29, 0.717) is 24.1 Å². The molecule has 0 radical (unpaired) electrons. The number of ketones is 2. The second kappa shape index (κ2) is 8.97. The fourth-order valence-corrected chi connectivity index (χ4v) is 3.88. The number of carbonyl (C=O) groups excluding carboxylic acids is 2. The van der Waals surface area contributed by atoms with Gasteiger partial charge in [-0.3, -0.25) is 9.59 Å². The van der Waals surface area contributed by atoms with Gasteiger partial charge in [0.2, 0.25) is 0 Å². The van der Waals surface area contributed by atoms with Crippen molar-refractivity contribution in [2.75, 3.05) is 12.3 Å². The highest BCUT2D eigenvalue weighted by Gasteiger charge is 2.15. The molecule has 2 rings (SSSR count). The van der Waals surface area contributed by atoms with Crippen LogP contribution in [0.3, 0.4) is 0 Å². The summed E-state index contributed by atoms with van der Waals surface area (Å²) in [5.74, 6) is 0.833. The number of hydrogen-bond acceptors (Lipinski definition) is 4. The Morgan fingerprint density at radius 1 is 1.08 bits per heavy atom. The highest BCUT2D eigenvalue weighted by molar-refractivity contribution is 7.99. The van der Waals surface area contributed by atoms with Crippen molar-refractivity contribution in [2.45, 2.75) is 38.5 Å². The van der Waals surface area contributed by atoms with E-state index in [1.165, 1.54) is 17.4 Å². The predicted molar refractivity (Wildman–Crippen MR) is 105 cm³/mol. The molecule has 0 fully saturated rings. The van der Waals surface area contributed by atoms with Crippen LogP contribution in [0.1, 0.15) is 51.3 Å². The molecule has 4 heteroatoms. The second-order valence-electron chi connectivity index (χ2n) is 6.14. The molecule has 0 aliphatic rings. The van der Waals surface area contributed by atoms with Crippen molar-refractivity contribution in [3.63, 3.8) is 0 Å². The first kappa shape index (κ1) is 19.4. The average molecular weight is 356 g/mol. The van der Waals surface area contributed by atoms with Crippen LogP contribution >= 0.6 is 11.8 Å². The van der Waals surface area contributed by atoms with Gasteiger partial charge in [0.1, 0.15) is 0 Å². The molecule has 0 bridgehead atoms. The zero-order valence-electron chi connectivity index (χ0n) is 15.1. The van der Waals surface area contributed by atoms with Crippen LogP contribution in [0, 0.1) is 6.92 Å². The van der Waals surface area contributed by atoms with Crippen LogP contribution in [0.15, 0.2) is 41.3 Å². The first-order chi connectivity index (χ1) is 12.0. The molecular formula is C21H25NO2S. The van der Waals surface area contributed by atoms with Crippen molar-refractivity contribution in [3.8, 4) is 0 Å². The van der Waals surface area contributed by atoms with Crippen LogP contribution < -0.4 is 5.73 Å². The largest absolute Gasteiger partial charge is 0.330 e. The molecule has 0 spiro atoms. The summed E-state index contributed by atoms with van der Waals surface area (Å²) < 4.78 is 0. The van der Waals surface area contributed by atoms with Crippen molar-refractivity contribution in [2.24, 2.45) is 5.73 Å². The highest BCUT2D eigenvalue weighted by atomic mass is 32.2. The van der Waals surface area contributed by atoms with Gasteiger partial charge in [-0.2, -0.15) is 0 Å². The van der Waals surface area contributed by atoms with Crippen molar-refractivity contribution in [1.82, 2.24) is 0 Å². The number of carbonyl (C=O) groups is 2. The highest BCUT2D eigenvalue weighted by Crippen LogP contribution is 2.30. The summed E-state index contributed by atoms with van der Waals surface area (Å²) in [7, 11) is 0. The van der Waals surface area contributed by atoms with Gasteiger partial charge in [0.25, 0.3) is 0 Å². The summed E-state index contributed by atoms with van der Waals surface area (Å²) in [5, 5.41) is 0. The molecule has 25 heavy (non-hydrogen) atoms. The van der Waals surface area contributed by atoms with Gasteiger partial charge in [0.15, 0.2) is 11.6 Å². The fraction of sp³-hybridized carbons (Fsp3) is 0.333. The van der Waals surface area contributed by atoms with E-state index in [-0.39, 0.29) is 11.6 Å². The minimum atomic E-state index is -0.0299. The molecular weight excluding hydrogens is 330 g/mol. The van der Waals surface area contributed by atoms with Crippen molar-refractivity contribution < 1.29 is 9.59 Å². The van der Waals surface area contributed by atoms with Gasteiger partial charge in [0, 0.05) is 34.7 Å². The van der Waals surface area contributed by atoms with Gasteiger partial charge in [-0.25, -0.2) is 0 Å². The third kappa shape index (κ3) is 5.03. The first-order valence-electron chi connectivity index (χ1n) is 8.55. The molecule has 0 atom stereocenters. The number of Topliss-reactive ketones (excluding diaryl/α,β-unsaturated/α-hetero) is 2. The number of rotatable bonds is 8. The van der Waals surface area contributed by atoms with E-state index in [1.807, 2.05) is 0 Å². The molecule has 0 aliphatic heterocycles. The monoisotopic (exact) mass is 355 g/mol. The summed E-state index contributed by atoms with van der Waals surface area (Å²) in [4.78, 5) is 25.5. The van der Waals surface area contributed by atoms with E-state index >= 15 is 0 Å². The summed E-state index contributed by atoms with van der Waals surface area (Å²) in [5.41, 5.74) is 10.3. The summed E-state index contributed by atoms with van der Waals surface area (Å²) in [6.45, 7) is 6.30. The minimum Gasteiger partial charge on any atom is -0.330 e. The molecule has 132 valence electrons. The Morgan fingerprint density at radius 2 is 1.76 bits per heavy atom. The van der Waals surface area contributed by atoms with Crippen molar-refractivity contribution >= 4 is 23.3 Å². The van der Waals surface area contributed by atoms with Crippen LogP contribution in [-0.2, 0) is 12.8 Å². The Morgan fingerprint density at radius 3 is 2.40 bits per heavy atom. The lowest BCUT2D eigenvalue weighted by molar-refractivity contribution is 0.0992. The Bertz CT molecular complexity index is 783. The van der Waals surface area contributed by atoms with E-state index in [0.717, 1.165) is 23.3 Å². The maximum absolute atomic E-state index is 12.8. The number of benzene rings is 2. The van der Waals surface area contributed by atoms with E-state index in [9.17, 15) is 9.59 Å². The van der Waals surface area contributed by atoms with Crippen LogP contribution in [-0.4, -0.2) is 23.9 Å². The molecule has 2 N–H and O–H groups in total. The third-order valence-electron chi connectivity index (χ3n) is 4.07. The van der Waals surface area contributed by atoms with Gasteiger partial charge in [-0.1, -0.05) is 42.8 Å². The summed E-state index contributed by atoms with van der Waals surface area (Å²) >= 11 is 1.72. The summed E-state index contributed by atoms with van der Waals surface area (Å²) in [6, 6.07) is 11.2. The van der Waals surface area contributed by atoms with Crippen LogP contribution in [0.25, 0.3) is 0 Å². The van der Waals surface area contributed by atoms with Gasteiger partial charge in [-0.15, -0.1) is 11.8 Å². The lowest BCUT2D eigenvalue weighted by Gasteiger charge is -2.15. The zero-order valence-corrected chi connectivity index (χ0v) is 15.9. The third-order valence-corrected chi connectivity index (χ3v) is 5.33. The molecule has 2 aromatic carbocycles. The van der Waals surface area contributed by atoms with Crippen LogP contribution in [0.4, 0.5) is 0 Å². The average Bonchev–Trinajstić information content (AvgIpc) is 2.60. The minimum absolute atomic E-state index is 0.0299. The Hall–Kier alpha value is -1.91. The molecule has 0 aromatic heterocycles. The fourth-order valence-electron chi connectivity index (χ4n) is 2.86. The molecule has 3 nitrogen and oxygen atoms in total. The maximum atomic E-state index is 12.8. The topological polar surface area (TPSA) is 60.2 Å². The number of nitrogens with two attached hydrogens (primary N) is 1. The molecule has 0 aliphatic carbocycles. The SMILES string of the molecule is CCc1cc(C)cc(CC(=O)c2cccc(C(C)=O)c2)c1SCCN. The first-order valence-corrected chi connectivity index (χ1v) is 9.54. The van der Waals surface area contributed by atoms with Crippen molar-refractivity contribution in [1.29, 1.82) is 0 Å². The Balaban J connectivity index is 2.35. The Labute approximate surface area is 154 Å². The van der Waals surface area contributed by atoms with Gasteiger partial charge < -0.3 is 5.73 Å². The zero-order chi connectivity index (χ0) is 18.4. The number of aryl methyl sites for hydroxylation is 2. The smallest absolute Gasteiger partial charge is 0.167 e.